The van der Waals surface area contributed by atoms with E-state index in [9.17, 15) is 4.79 Å². The Morgan fingerprint density at radius 3 is 2.96 bits per heavy atom. The molecule has 0 atom stereocenters. The maximum Gasteiger partial charge on any atom is 0.228 e. The number of hydrogen-bond donors (Lipinski definition) is 1. The SMILES string of the molecule is Cc1cc(CC(=O)NCCc2nc(-c3cccnc3)no2)on1. The molecule has 0 unspecified atom stereocenters. The molecular weight excluding hydrogens is 298 g/mol. The number of nitrogens with one attached hydrogen (secondary N) is 1. The molecule has 3 aromatic rings. The topological polar surface area (TPSA) is 107 Å². The van der Waals surface area contributed by atoms with Crippen molar-refractivity contribution in [2.75, 3.05) is 6.54 Å². The second-order valence-corrected chi connectivity index (χ2v) is 4.96. The van der Waals surface area contributed by atoms with Gasteiger partial charge >= 0.3 is 0 Å². The first-order valence-corrected chi connectivity index (χ1v) is 7.12. The van der Waals surface area contributed by atoms with Gasteiger partial charge in [-0.3, -0.25) is 9.78 Å². The van der Waals surface area contributed by atoms with E-state index in [2.05, 4.69) is 25.6 Å². The van der Waals surface area contributed by atoms with E-state index in [-0.39, 0.29) is 12.3 Å². The average molecular weight is 313 g/mol. The van der Waals surface area contributed by atoms with Crippen molar-refractivity contribution in [1.82, 2.24) is 25.6 Å². The molecule has 0 aliphatic rings. The number of carbonyl (C=O) groups is 1. The molecule has 3 rings (SSSR count). The summed E-state index contributed by atoms with van der Waals surface area (Å²) < 4.78 is 10.1. The number of rotatable bonds is 6. The highest BCUT2D eigenvalue weighted by atomic mass is 16.5. The summed E-state index contributed by atoms with van der Waals surface area (Å²) in [6.07, 6.45) is 3.95. The van der Waals surface area contributed by atoms with Crippen molar-refractivity contribution in [2.24, 2.45) is 0 Å². The Hall–Kier alpha value is -3.03. The van der Waals surface area contributed by atoms with E-state index in [1.54, 1.807) is 31.5 Å². The van der Waals surface area contributed by atoms with Crippen molar-refractivity contribution in [3.05, 3.63) is 47.9 Å². The van der Waals surface area contributed by atoms with Crippen LogP contribution in [-0.4, -0.2) is 32.7 Å². The molecule has 0 radical (unpaired) electrons. The Labute approximate surface area is 131 Å². The van der Waals surface area contributed by atoms with Gasteiger partial charge in [-0.2, -0.15) is 4.98 Å². The zero-order chi connectivity index (χ0) is 16.1. The molecule has 23 heavy (non-hydrogen) atoms. The van der Waals surface area contributed by atoms with Crippen LogP contribution in [0.2, 0.25) is 0 Å². The largest absolute Gasteiger partial charge is 0.361 e. The van der Waals surface area contributed by atoms with Crippen molar-refractivity contribution in [3.8, 4) is 11.4 Å². The van der Waals surface area contributed by atoms with Crippen molar-refractivity contribution >= 4 is 5.91 Å². The lowest BCUT2D eigenvalue weighted by Crippen LogP contribution is -2.27. The third kappa shape index (κ3) is 4.00. The highest BCUT2D eigenvalue weighted by molar-refractivity contribution is 5.77. The zero-order valence-electron chi connectivity index (χ0n) is 12.5. The van der Waals surface area contributed by atoms with Crippen LogP contribution in [-0.2, 0) is 17.6 Å². The summed E-state index contributed by atoms with van der Waals surface area (Å²) in [5.74, 6) is 1.33. The first-order chi connectivity index (χ1) is 11.2. The molecule has 0 saturated heterocycles. The first kappa shape index (κ1) is 14.9. The normalized spacial score (nSPS) is 10.7. The summed E-state index contributed by atoms with van der Waals surface area (Å²) in [4.78, 5) is 20.0. The number of hydrogen-bond acceptors (Lipinski definition) is 7. The maximum atomic E-state index is 11.8. The number of aromatic nitrogens is 4. The molecule has 8 nitrogen and oxygen atoms in total. The summed E-state index contributed by atoms with van der Waals surface area (Å²) in [6.45, 7) is 2.21. The fourth-order valence-electron chi connectivity index (χ4n) is 2.00. The highest BCUT2D eigenvalue weighted by Crippen LogP contribution is 2.13. The van der Waals surface area contributed by atoms with Gasteiger partial charge in [-0.15, -0.1) is 0 Å². The molecule has 118 valence electrons. The average Bonchev–Trinajstić information content (AvgIpc) is 3.17. The van der Waals surface area contributed by atoms with Gasteiger partial charge in [0.1, 0.15) is 5.76 Å². The lowest BCUT2D eigenvalue weighted by molar-refractivity contribution is -0.120. The Morgan fingerprint density at radius 1 is 1.30 bits per heavy atom. The summed E-state index contributed by atoms with van der Waals surface area (Å²) in [5, 5.41) is 10.4. The molecule has 3 aromatic heterocycles. The molecule has 0 spiro atoms. The Bertz CT molecular complexity index is 781. The van der Waals surface area contributed by atoms with E-state index in [4.69, 9.17) is 9.05 Å². The van der Waals surface area contributed by atoms with Gasteiger partial charge in [0.05, 0.1) is 12.1 Å². The maximum absolute atomic E-state index is 11.8. The lowest BCUT2D eigenvalue weighted by atomic mass is 10.3. The zero-order valence-corrected chi connectivity index (χ0v) is 12.5. The van der Waals surface area contributed by atoms with Crippen LogP contribution < -0.4 is 5.32 Å². The summed E-state index contributed by atoms with van der Waals surface area (Å²) in [7, 11) is 0. The van der Waals surface area contributed by atoms with Crippen LogP contribution in [0, 0.1) is 6.92 Å². The Kier molecular flexibility index (Phi) is 4.41. The monoisotopic (exact) mass is 313 g/mol. The fourth-order valence-corrected chi connectivity index (χ4v) is 2.00. The van der Waals surface area contributed by atoms with E-state index >= 15 is 0 Å². The van der Waals surface area contributed by atoms with Gasteiger partial charge in [0.25, 0.3) is 0 Å². The second kappa shape index (κ2) is 6.82. The summed E-state index contributed by atoms with van der Waals surface area (Å²) in [6, 6.07) is 5.39. The van der Waals surface area contributed by atoms with Gasteiger partial charge in [0.2, 0.25) is 17.6 Å². The third-order valence-electron chi connectivity index (χ3n) is 3.06. The first-order valence-electron chi connectivity index (χ1n) is 7.12. The van der Waals surface area contributed by atoms with E-state index in [1.165, 1.54) is 0 Å². The minimum Gasteiger partial charge on any atom is -0.361 e. The van der Waals surface area contributed by atoms with Crippen molar-refractivity contribution in [1.29, 1.82) is 0 Å². The van der Waals surface area contributed by atoms with Crippen molar-refractivity contribution in [2.45, 2.75) is 19.8 Å². The minimum absolute atomic E-state index is 0.145. The molecule has 1 N–H and O–H groups in total. The highest BCUT2D eigenvalue weighted by Gasteiger charge is 2.10. The number of carbonyl (C=O) groups excluding carboxylic acids is 1. The molecular formula is C15H15N5O3. The molecule has 3 heterocycles. The van der Waals surface area contributed by atoms with Gasteiger partial charge in [0, 0.05) is 37.0 Å². The number of pyridine rings is 1. The van der Waals surface area contributed by atoms with Crippen LogP contribution in [0.4, 0.5) is 0 Å². The van der Waals surface area contributed by atoms with Crippen molar-refractivity contribution < 1.29 is 13.8 Å². The summed E-state index contributed by atoms with van der Waals surface area (Å²) in [5.41, 5.74) is 1.54. The predicted molar refractivity (Wildman–Crippen MR) is 79.2 cm³/mol. The second-order valence-electron chi connectivity index (χ2n) is 4.96. The van der Waals surface area contributed by atoms with Gasteiger partial charge in [-0.05, 0) is 19.1 Å². The molecule has 0 fully saturated rings. The Morgan fingerprint density at radius 2 is 2.22 bits per heavy atom. The molecule has 0 aromatic carbocycles. The van der Waals surface area contributed by atoms with E-state index in [0.29, 0.717) is 30.4 Å². The van der Waals surface area contributed by atoms with Gasteiger partial charge in [-0.1, -0.05) is 10.3 Å². The molecule has 8 heteroatoms. The fraction of sp³-hybridized carbons (Fsp3) is 0.267. The molecule has 0 aliphatic carbocycles. The number of amides is 1. The van der Waals surface area contributed by atoms with Crippen LogP contribution in [0.3, 0.4) is 0 Å². The smallest absolute Gasteiger partial charge is 0.228 e. The van der Waals surface area contributed by atoms with E-state index in [0.717, 1.165) is 11.3 Å². The lowest BCUT2D eigenvalue weighted by Gasteiger charge is -2.00. The van der Waals surface area contributed by atoms with Crippen molar-refractivity contribution in [3.63, 3.8) is 0 Å². The third-order valence-corrected chi connectivity index (χ3v) is 3.06. The quantitative estimate of drug-likeness (QED) is 0.731. The molecule has 0 bridgehead atoms. The number of nitrogens with zero attached hydrogens (tertiary/aromatic N) is 4. The number of aryl methyl sites for hydroxylation is 1. The molecule has 1 amide bonds. The van der Waals surface area contributed by atoms with E-state index < -0.39 is 0 Å². The van der Waals surface area contributed by atoms with Crippen LogP contribution in [0.25, 0.3) is 11.4 Å². The van der Waals surface area contributed by atoms with Crippen LogP contribution in [0.5, 0.6) is 0 Å². The molecule has 0 saturated carbocycles. The van der Waals surface area contributed by atoms with Crippen LogP contribution in [0.1, 0.15) is 17.3 Å². The Balaban J connectivity index is 1.47. The predicted octanol–water partition coefficient (Wildman–Crippen LogP) is 1.33. The van der Waals surface area contributed by atoms with E-state index in [1.807, 2.05) is 6.07 Å². The van der Waals surface area contributed by atoms with Gasteiger partial charge in [0.15, 0.2) is 0 Å². The summed E-state index contributed by atoms with van der Waals surface area (Å²) >= 11 is 0. The van der Waals surface area contributed by atoms with Gasteiger partial charge < -0.3 is 14.4 Å². The van der Waals surface area contributed by atoms with Crippen LogP contribution >= 0.6 is 0 Å². The van der Waals surface area contributed by atoms with Crippen LogP contribution in [0.15, 0.2) is 39.6 Å². The molecule has 0 aliphatic heterocycles. The standard InChI is InChI=1S/C15H15N5O3/c1-10-7-12(22-19-10)8-13(21)17-6-4-14-18-15(20-23-14)11-3-2-5-16-9-11/h2-3,5,7,9H,4,6,8H2,1H3,(H,17,21). The van der Waals surface area contributed by atoms with Gasteiger partial charge in [-0.25, -0.2) is 0 Å². The minimum atomic E-state index is -0.145.